The Kier molecular flexibility index (Phi) is 4.85. The molecule has 0 radical (unpaired) electrons. The molecule has 0 spiro atoms. The summed E-state index contributed by atoms with van der Waals surface area (Å²) in [5.41, 5.74) is 0.114. The summed E-state index contributed by atoms with van der Waals surface area (Å²) in [5.74, 6) is 0. The van der Waals surface area contributed by atoms with Crippen LogP contribution in [0.4, 0.5) is 5.69 Å². The van der Waals surface area contributed by atoms with Gasteiger partial charge in [0, 0.05) is 32.9 Å². The Bertz CT molecular complexity index is 591. The molecule has 1 N–H and O–H groups in total. The number of aromatic nitrogens is 1. The highest BCUT2D eigenvalue weighted by molar-refractivity contribution is 7.89. The number of hydrogen-bond donors (Lipinski definition) is 1. The van der Waals surface area contributed by atoms with Gasteiger partial charge in [0.25, 0.3) is 10.0 Å². The standard InChI is InChI=1S/C14H23N3O3S/c1-4-15-12-7-5-9-16-13(12)21(18,19)17-10-6-8-14(2,11-17)20-3/h5,7,9,15H,4,6,8,10-11H2,1-3H3. The number of piperidine rings is 1. The van der Waals surface area contributed by atoms with Crippen molar-refractivity contribution in [1.29, 1.82) is 0 Å². The van der Waals surface area contributed by atoms with E-state index in [1.54, 1.807) is 19.2 Å². The molecule has 7 heteroatoms. The SMILES string of the molecule is CCNc1cccnc1S(=O)(=O)N1CCCC(C)(OC)C1. The molecule has 0 aliphatic carbocycles. The van der Waals surface area contributed by atoms with E-state index in [0.717, 1.165) is 12.8 Å². The van der Waals surface area contributed by atoms with Crippen molar-refractivity contribution in [2.75, 3.05) is 32.1 Å². The van der Waals surface area contributed by atoms with E-state index in [2.05, 4.69) is 10.3 Å². The third-order valence-corrected chi connectivity index (χ3v) is 5.64. The Balaban J connectivity index is 2.34. The number of anilines is 1. The van der Waals surface area contributed by atoms with Crippen molar-refractivity contribution in [3.05, 3.63) is 18.3 Å². The maximum absolute atomic E-state index is 12.9. The van der Waals surface area contributed by atoms with Gasteiger partial charge in [-0.3, -0.25) is 0 Å². The van der Waals surface area contributed by atoms with Gasteiger partial charge in [0.1, 0.15) is 0 Å². The third-order valence-electron chi connectivity index (χ3n) is 3.84. The van der Waals surface area contributed by atoms with E-state index >= 15 is 0 Å². The van der Waals surface area contributed by atoms with Crippen molar-refractivity contribution in [2.45, 2.75) is 37.3 Å². The van der Waals surface area contributed by atoms with Gasteiger partial charge in [-0.25, -0.2) is 13.4 Å². The van der Waals surface area contributed by atoms with Gasteiger partial charge in [-0.2, -0.15) is 4.31 Å². The molecule has 1 aromatic heterocycles. The van der Waals surface area contributed by atoms with Crippen LogP contribution in [0.2, 0.25) is 0 Å². The van der Waals surface area contributed by atoms with Gasteiger partial charge in [0.2, 0.25) is 0 Å². The highest BCUT2D eigenvalue weighted by Crippen LogP contribution is 2.29. The molecule has 1 aromatic rings. The molecule has 0 aromatic carbocycles. The minimum atomic E-state index is -3.62. The van der Waals surface area contributed by atoms with Crippen molar-refractivity contribution < 1.29 is 13.2 Å². The maximum atomic E-state index is 12.9. The van der Waals surface area contributed by atoms with Crippen LogP contribution in [-0.2, 0) is 14.8 Å². The largest absolute Gasteiger partial charge is 0.383 e. The first-order valence-electron chi connectivity index (χ1n) is 7.17. The number of nitrogens with one attached hydrogen (secondary N) is 1. The summed E-state index contributed by atoms with van der Waals surface area (Å²) in [6.45, 7) is 5.37. The Hall–Kier alpha value is -1.18. The van der Waals surface area contributed by atoms with Gasteiger partial charge in [-0.1, -0.05) is 0 Å². The lowest BCUT2D eigenvalue weighted by Crippen LogP contribution is -2.49. The Morgan fingerprint density at radius 2 is 2.29 bits per heavy atom. The average molecular weight is 313 g/mol. The molecule has 0 bridgehead atoms. The van der Waals surface area contributed by atoms with Gasteiger partial charge < -0.3 is 10.1 Å². The number of sulfonamides is 1. The van der Waals surface area contributed by atoms with Gasteiger partial charge in [0.15, 0.2) is 5.03 Å². The van der Waals surface area contributed by atoms with Crippen LogP contribution in [0.5, 0.6) is 0 Å². The number of nitrogens with zero attached hydrogens (tertiary/aromatic N) is 2. The number of hydrogen-bond acceptors (Lipinski definition) is 5. The lowest BCUT2D eigenvalue weighted by atomic mass is 9.96. The fraction of sp³-hybridized carbons (Fsp3) is 0.643. The summed E-state index contributed by atoms with van der Waals surface area (Å²) >= 11 is 0. The van der Waals surface area contributed by atoms with E-state index < -0.39 is 15.6 Å². The number of rotatable bonds is 5. The summed E-state index contributed by atoms with van der Waals surface area (Å²) in [6, 6.07) is 3.47. The van der Waals surface area contributed by atoms with E-state index in [9.17, 15) is 8.42 Å². The van der Waals surface area contributed by atoms with Gasteiger partial charge in [0.05, 0.1) is 11.3 Å². The minimum absolute atomic E-state index is 0.0900. The first-order valence-corrected chi connectivity index (χ1v) is 8.61. The first kappa shape index (κ1) is 16.2. The van der Waals surface area contributed by atoms with E-state index in [1.165, 1.54) is 10.5 Å². The monoisotopic (exact) mass is 313 g/mol. The third kappa shape index (κ3) is 3.36. The highest BCUT2D eigenvalue weighted by Gasteiger charge is 2.38. The average Bonchev–Trinajstić information content (AvgIpc) is 2.48. The van der Waals surface area contributed by atoms with E-state index in [4.69, 9.17) is 4.74 Å². The second kappa shape index (κ2) is 6.29. The molecule has 2 heterocycles. The van der Waals surface area contributed by atoms with Gasteiger partial charge in [-0.15, -0.1) is 0 Å². The summed E-state index contributed by atoms with van der Waals surface area (Å²) in [5, 5.41) is 3.15. The molecule has 2 rings (SSSR count). The molecule has 1 saturated heterocycles. The molecular weight excluding hydrogens is 290 g/mol. The molecule has 118 valence electrons. The lowest BCUT2D eigenvalue weighted by Gasteiger charge is -2.38. The van der Waals surface area contributed by atoms with Crippen molar-refractivity contribution in [3.8, 4) is 0 Å². The van der Waals surface area contributed by atoms with Crippen molar-refractivity contribution >= 4 is 15.7 Å². The molecular formula is C14H23N3O3S. The second-order valence-corrected chi connectivity index (χ2v) is 7.34. The zero-order valence-corrected chi connectivity index (χ0v) is 13.6. The summed E-state index contributed by atoms with van der Waals surface area (Å²) in [6.07, 6.45) is 3.15. The van der Waals surface area contributed by atoms with Crippen LogP contribution in [0.1, 0.15) is 26.7 Å². The quantitative estimate of drug-likeness (QED) is 0.896. The molecule has 21 heavy (non-hydrogen) atoms. The molecule has 1 unspecified atom stereocenters. The lowest BCUT2D eigenvalue weighted by molar-refractivity contribution is -0.0319. The van der Waals surface area contributed by atoms with Crippen LogP contribution in [0.25, 0.3) is 0 Å². The minimum Gasteiger partial charge on any atom is -0.383 e. The molecule has 1 aliphatic rings. The maximum Gasteiger partial charge on any atom is 0.262 e. The zero-order chi connectivity index (χ0) is 15.5. The summed E-state index contributed by atoms with van der Waals surface area (Å²) in [7, 11) is -1.99. The Morgan fingerprint density at radius 1 is 1.52 bits per heavy atom. The molecule has 1 atom stereocenters. The molecule has 1 fully saturated rings. The van der Waals surface area contributed by atoms with Crippen LogP contribution >= 0.6 is 0 Å². The normalized spacial score (nSPS) is 24.0. The highest BCUT2D eigenvalue weighted by atomic mass is 32.2. The fourth-order valence-electron chi connectivity index (χ4n) is 2.58. The van der Waals surface area contributed by atoms with Crippen LogP contribution in [0.15, 0.2) is 23.4 Å². The number of methoxy groups -OCH3 is 1. The Labute approximate surface area is 126 Å². The van der Waals surface area contributed by atoms with Gasteiger partial charge >= 0.3 is 0 Å². The van der Waals surface area contributed by atoms with Crippen molar-refractivity contribution in [2.24, 2.45) is 0 Å². The van der Waals surface area contributed by atoms with Crippen LogP contribution in [-0.4, -0.2) is 50.1 Å². The van der Waals surface area contributed by atoms with Crippen molar-refractivity contribution in [1.82, 2.24) is 9.29 Å². The second-order valence-electron chi connectivity index (χ2n) is 5.48. The molecule has 1 aliphatic heterocycles. The van der Waals surface area contributed by atoms with E-state index in [1.807, 2.05) is 13.8 Å². The van der Waals surface area contributed by atoms with Crippen LogP contribution in [0.3, 0.4) is 0 Å². The van der Waals surface area contributed by atoms with E-state index in [-0.39, 0.29) is 5.03 Å². The number of pyridine rings is 1. The summed E-state index contributed by atoms with van der Waals surface area (Å²) in [4.78, 5) is 4.08. The fourth-order valence-corrected chi connectivity index (χ4v) is 4.25. The van der Waals surface area contributed by atoms with Crippen LogP contribution < -0.4 is 5.32 Å². The molecule has 0 amide bonds. The van der Waals surface area contributed by atoms with Gasteiger partial charge in [-0.05, 0) is 38.8 Å². The number of ether oxygens (including phenoxy) is 1. The first-order chi connectivity index (χ1) is 9.93. The molecule has 6 nitrogen and oxygen atoms in total. The predicted octanol–water partition coefficient (Wildman–Crippen LogP) is 1.70. The van der Waals surface area contributed by atoms with E-state index in [0.29, 0.717) is 25.3 Å². The van der Waals surface area contributed by atoms with Crippen molar-refractivity contribution in [3.63, 3.8) is 0 Å². The molecule has 0 saturated carbocycles. The predicted molar refractivity (Wildman–Crippen MR) is 81.8 cm³/mol. The zero-order valence-electron chi connectivity index (χ0n) is 12.8. The topological polar surface area (TPSA) is 71.5 Å². The Morgan fingerprint density at radius 3 is 2.95 bits per heavy atom. The summed E-state index contributed by atoms with van der Waals surface area (Å²) < 4.78 is 32.7. The van der Waals surface area contributed by atoms with Crippen LogP contribution in [0, 0.1) is 0 Å². The smallest absolute Gasteiger partial charge is 0.262 e.